The second-order valence-corrected chi connectivity index (χ2v) is 12.5. The van der Waals surface area contributed by atoms with Crippen molar-refractivity contribution < 1.29 is 0 Å². The maximum Gasteiger partial charge on any atom is 0.208 e. The molecule has 42 heavy (non-hydrogen) atoms. The number of benzene rings is 4. The van der Waals surface area contributed by atoms with Crippen LogP contribution in [0.1, 0.15) is 5.56 Å². The zero-order valence-corrected chi connectivity index (χ0v) is 26.7. The van der Waals surface area contributed by atoms with Crippen molar-refractivity contribution in [2.24, 2.45) is 36.0 Å². The molecule has 9 heteroatoms. The van der Waals surface area contributed by atoms with Crippen LogP contribution in [0.4, 0.5) is 0 Å². The lowest BCUT2D eigenvalue weighted by molar-refractivity contribution is 0.863. The van der Waals surface area contributed by atoms with Gasteiger partial charge in [-0.1, -0.05) is 141 Å². The molecule has 0 atom stereocenters. The molecule has 0 fully saturated rings. The lowest BCUT2D eigenvalue weighted by Crippen LogP contribution is -2.13. The number of thiazole rings is 2. The van der Waals surface area contributed by atoms with Crippen molar-refractivity contribution in [3.8, 4) is 43.4 Å². The van der Waals surface area contributed by atoms with Gasteiger partial charge in [0.15, 0.2) is 0 Å². The van der Waals surface area contributed by atoms with Gasteiger partial charge in [-0.05, 0) is 41.3 Å². The van der Waals surface area contributed by atoms with Crippen molar-refractivity contribution in [2.75, 3.05) is 0 Å². The molecule has 0 saturated carbocycles. The molecule has 0 bridgehead atoms. The molecule has 6 rings (SSSR count). The fraction of sp³-hybridized carbons (Fsp3) is 0.0909. The topological polar surface area (TPSA) is 86.6 Å². The van der Waals surface area contributed by atoms with E-state index in [0.29, 0.717) is 0 Å². The summed E-state index contributed by atoms with van der Waals surface area (Å²) in [5.74, 6) is 11.0. The van der Waals surface area contributed by atoms with Gasteiger partial charge in [-0.15, -0.1) is 0 Å². The Morgan fingerprint density at radius 3 is 1.31 bits per heavy atom. The molecule has 0 unspecified atom stereocenters. The zero-order chi connectivity index (χ0) is 29.6. The monoisotopic (exact) mass is 654 g/mol. The van der Waals surface area contributed by atoms with E-state index in [9.17, 15) is 0 Å². The molecule has 0 aliphatic carbocycles. The van der Waals surface area contributed by atoms with Gasteiger partial charge in [0.05, 0.1) is 21.1 Å². The van der Waals surface area contributed by atoms with E-state index in [-0.39, 0.29) is 0 Å². The molecule has 0 saturated heterocycles. The quantitative estimate of drug-likeness (QED) is 0.153. The number of halogens is 1. The number of aryl methyl sites for hydroxylation is 1. The van der Waals surface area contributed by atoms with E-state index in [1.165, 1.54) is 32.0 Å². The van der Waals surface area contributed by atoms with E-state index in [0.717, 1.165) is 31.0 Å². The smallest absolute Gasteiger partial charge is 0.208 e. The molecular formula is C33H31BrN6S2. The number of hydrogen-bond acceptors (Lipinski definition) is 6. The van der Waals surface area contributed by atoms with Gasteiger partial charge in [0.2, 0.25) is 9.60 Å². The summed E-state index contributed by atoms with van der Waals surface area (Å²) in [4.78, 5) is 3.96. The summed E-state index contributed by atoms with van der Waals surface area (Å²) in [5.41, 5.74) is 8.20. The van der Waals surface area contributed by atoms with Crippen molar-refractivity contribution in [2.45, 2.75) is 6.92 Å². The molecule has 6 aromatic rings. The third kappa shape index (κ3) is 6.18. The summed E-state index contributed by atoms with van der Waals surface area (Å²) in [6.45, 7) is 2.09. The minimum absolute atomic E-state index is 0.798. The Bertz CT molecular complexity index is 1770. The van der Waals surface area contributed by atoms with Crippen molar-refractivity contribution in [3.05, 3.63) is 129 Å². The molecule has 0 radical (unpaired) electrons. The van der Waals surface area contributed by atoms with Crippen LogP contribution in [0.25, 0.3) is 43.4 Å². The van der Waals surface area contributed by atoms with Crippen LogP contribution in [0.2, 0.25) is 0 Å². The first-order valence-corrected chi connectivity index (χ1v) is 15.6. The molecule has 0 aliphatic heterocycles. The zero-order valence-electron chi connectivity index (χ0n) is 23.5. The predicted molar refractivity (Wildman–Crippen MR) is 180 cm³/mol. The molecule has 0 aliphatic rings. The Hall–Kier alpha value is -4.18. The lowest BCUT2D eigenvalue weighted by atomic mass is 10.1. The van der Waals surface area contributed by atoms with Crippen molar-refractivity contribution in [1.29, 1.82) is 0 Å². The van der Waals surface area contributed by atoms with Crippen LogP contribution in [-0.4, -0.2) is 9.13 Å². The molecule has 6 nitrogen and oxygen atoms in total. The van der Waals surface area contributed by atoms with Gasteiger partial charge in [0, 0.05) is 18.6 Å². The van der Waals surface area contributed by atoms with Gasteiger partial charge in [-0.25, -0.2) is 0 Å². The molecule has 2 aromatic heterocycles. The number of nitrogens with zero attached hydrogens (tertiary/aromatic N) is 4. The molecule has 0 amide bonds. The van der Waals surface area contributed by atoms with Gasteiger partial charge in [-0.2, -0.15) is 10.2 Å². The first kappa shape index (κ1) is 29.3. The molecule has 2 heterocycles. The Morgan fingerprint density at radius 2 is 0.929 bits per heavy atom. The van der Waals surface area contributed by atoms with Crippen LogP contribution in [0, 0.1) is 6.92 Å². The van der Waals surface area contributed by atoms with Crippen molar-refractivity contribution in [1.82, 2.24) is 9.13 Å². The number of rotatable bonds is 4. The molecular weight excluding hydrogens is 624 g/mol. The summed E-state index contributed by atoms with van der Waals surface area (Å²) in [6.07, 6.45) is 0. The highest BCUT2D eigenvalue weighted by molar-refractivity contribution is 9.10. The largest absolute Gasteiger partial charge is 0.320 e. The maximum atomic E-state index is 5.53. The maximum absolute atomic E-state index is 5.53. The molecule has 4 N–H and O–H groups in total. The van der Waals surface area contributed by atoms with Gasteiger partial charge >= 0.3 is 0 Å². The average molecular weight is 656 g/mol. The normalized spacial score (nSPS) is 11.8. The summed E-state index contributed by atoms with van der Waals surface area (Å²) >= 11 is 6.68. The summed E-state index contributed by atoms with van der Waals surface area (Å²) < 4.78 is 5.16. The van der Waals surface area contributed by atoms with E-state index in [2.05, 4.69) is 98.3 Å². The first-order chi connectivity index (χ1) is 20.4. The Labute approximate surface area is 261 Å². The van der Waals surface area contributed by atoms with Crippen LogP contribution >= 0.6 is 38.6 Å². The molecule has 4 aromatic carbocycles. The van der Waals surface area contributed by atoms with Crippen LogP contribution in [-0.2, 0) is 14.1 Å². The Morgan fingerprint density at radius 1 is 0.548 bits per heavy atom. The highest BCUT2D eigenvalue weighted by Crippen LogP contribution is 2.35. The van der Waals surface area contributed by atoms with E-state index >= 15 is 0 Å². The molecule has 0 spiro atoms. The van der Waals surface area contributed by atoms with Gasteiger partial charge in [0.1, 0.15) is 0 Å². The van der Waals surface area contributed by atoms with E-state index in [4.69, 9.17) is 11.7 Å². The third-order valence-corrected chi connectivity index (χ3v) is 9.72. The fourth-order valence-electron chi connectivity index (χ4n) is 4.68. The van der Waals surface area contributed by atoms with Crippen LogP contribution in [0.15, 0.2) is 124 Å². The minimum atomic E-state index is 0.798. The number of aromatic nitrogens is 2. The van der Waals surface area contributed by atoms with Crippen LogP contribution in [0.3, 0.4) is 0 Å². The minimum Gasteiger partial charge on any atom is -0.320 e. The number of hydrogen-bond donors (Lipinski definition) is 2. The van der Waals surface area contributed by atoms with Gasteiger partial charge in [-0.3, -0.25) is 0 Å². The second kappa shape index (κ2) is 13.2. The highest BCUT2D eigenvalue weighted by Gasteiger charge is 2.16. The third-order valence-electron chi connectivity index (χ3n) is 6.80. The van der Waals surface area contributed by atoms with E-state index in [1.54, 1.807) is 22.7 Å². The van der Waals surface area contributed by atoms with Gasteiger partial charge < -0.3 is 20.8 Å². The van der Waals surface area contributed by atoms with Crippen molar-refractivity contribution in [3.63, 3.8) is 0 Å². The summed E-state index contributed by atoms with van der Waals surface area (Å²) in [7, 11) is 4.00. The van der Waals surface area contributed by atoms with Crippen LogP contribution < -0.4 is 21.3 Å². The molecule has 212 valence electrons. The van der Waals surface area contributed by atoms with Crippen LogP contribution in [0.5, 0.6) is 0 Å². The summed E-state index contributed by atoms with van der Waals surface area (Å²) in [6, 6.07) is 37.5. The average Bonchev–Trinajstić information content (AvgIpc) is 3.55. The van der Waals surface area contributed by atoms with Gasteiger partial charge in [0.25, 0.3) is 0 Å². The lowest BCUT2D eigenvalue weighted by Gasteiger charge is -2.07. The van der Waals surface area contributed by atoms with Crippen molar-refractivity contribution >= 4 is 38.6 Å². The van der Waals surface area contributed by atoms with E-state index in [1.807, 2.05) is 67.2 Å². The Kier molecular flexibility index (Phi) is 9.22. The second-order valence-electron chi connectivity index (χ2n) is 9.61. The first-order valence-electron chi connectivity index (χ1n) is 13.2. The Balaban J connectivity index is 0.000000168. The summed E-state index contributed by atoms with van der Waals surface area (Å²) in [5, 5.41) is 7.79. The fourth-order valence-corrected chi connectivity index (χ4v) is 7.08. The highest BCUT2D eigenvalue weighted by atomic mass is 79.9. The number of nitrogens with two attached hydrogens (primary N) is 2. The SMILES string of the molecule is Cc1ccc(-c2c(-c3ccccc3)sc(=NN)n2C)cc1.Cn1c(-c2ccc(Br)cc2)c(-c2ccccc2)sc1=NN. The predicted octanol–water partition coefficient (Wildman–Crippen LogP) is 7.46. The standard InChI is InChI=1S/C17H17N3S.C16H14BrN3S/c1-12-8-10-13(11-9-12)15-16(14-6-4-3-5-7-14)21-17(19-18)20(15)2;1-20-14(11-7-9-13(17)10-8-11)15(21-16(20)19-18)12-5-3-2-4-6-12/h3-11H,18H2,1-2H3;2-10H,18H2,1H3. The van der Waals surface area contributed by atoms with E-state index < -0.39 is 0 Å².